The van der Waals surface area contributed by atoms with Crippen LogP contribution in [-0.2, 0) is 6.42 Å². The molecular formula is C12H10ClFN2O. The Kier molecular flexibility index (Phi) is 3.54. The van der Waals surface area contributed by atoms with E-state index in [1.54, 1.807) is 6.07 Å². The number of hydrogen-bond donors (Lipinski definition) is 0. The molecule has 2 aromatic rings. The summed E-state index contributed by atoms with van der Waals surface area (Å²) < 4.78 is 18.8. The number of benzene rings is 1. The van der Waals surface area contributed by atoms with Crippen LogP contribution in [0.2, 0.25) is 5.28 Å². The normalized spacial score (nSPS) is 10.3. The van der Waals surface area contributed by atoms with E-state index in [1.807, 2.05) is 25.1 Å². The number of para-hydroxylation sites is 1. The zero-order chi connectivity index (χ0) is 12.3. The molecule has 0 aliphatic rings. The summed E-state index contributed by atoms with van der Waals surface area (Å²) in [7, 11) is 0. The maximum absolute atomic E-state index is 13.4. The Morgan fingerprint density at radius 2 is 2.12 bits per heavy atom. The minimum Gasteiger partial charge on any atom is -0.436 e. The highest BCUT2D eigenvalue weighted by Gasteiger charge is 2.10. The van der Waals surface area contributed by atoms with Gasteiger partial charge in [-0.3, -0.25) is 0 Å². The van der Waals surface area contributed by atoms with Crippen LogP contribution in [0.4, 0.5) is 4.39 Å². The Labute approximate surface area is 103 Å². The van der Waals surface area contributed by atoms with Crippen LogP contribution in [0.5, 0.6) is 11.6 Å². The zero-order valence-corrected chi connectivity index (χ0v) is 9.91. The maximum Gasteiger partial charge on any atom is 0.260 e. The number of ether oxygens (including phenoxy) is 1. The molecule has 1 heterocycles. The van der Waals surface area contributed by atoms with Crippen LogP contribution in [0.25, 0.3) is 0 Å². The molecule has 0 radical (unpaired) electrons. The molecule has 0 N–H and O–H groups in total. The van der Waals surface area contributed by atoms with Crippen LogP contribution < -0.4 is 4.74 Å². The number of aryl methyl sites for hydroxylation is 1. The lowest BCUT2D eigenvalue weighted by molar-refractivity contribution is 0.416. The molecule has 2 rings (SSSR count). The lowest BCUT2D eigenvalue weighted by Gasteiger charge is -2.09. The van der Waals surface area contributed by atoms with Gasteiger partial charge in [0.1, 0.15) is 5.75 Å². The van der Waals surface area contributed by atoms with Gasteiger partial charge in [0, 0.05) is 0 Å². The van der Waals surface area contributed by atoms with E-state index in [0.717, 1.165) is 18.2 Å². The summed E-state index contributed by atoms with van der Waals surface area (Å²) >= 11 is 5.59. The first-order valence-electron chi connectivity index (χ1n) is 5.14. The molecule has 0 bridgehead atoms. The quantitative estimate of drug-likeness (QED) is 0.783. The van der Waals surface area contributed by atoms with Gasteiger partial charge in [0.05, 0.1) is 6.20 Å². The predicted octanol–water partition coefficient (Wildman–Crippen LogP) is 3.62. The van der Waals surface area contributed by atoms with E-state index < -0.39 is 5.82 Å². The Morgan fingerprint density at radius 1 is 1.35 bits per heavy atom. The maximum atomic E-state index is 13.4. The Bertz CT molecular complexity index is 534. The van der Waals surface area contributed by atoms with Crippen LogP contribution in [0.15, 0.2) is 30.5 Å². The van der Waals surface area contributed by atoms with E-state index in [9.17, 15) is 4.39 Å². The summed E-state index contributed by atoms with van der Waals surface area (Å²) in [6.45, 7) is 1.99. The van der Waals surface area contributed by atoms with E-state index in [4.69, 9.17) is 16.3 Å². The van der Waals surface area contributed by atoms with Crippen molar-refractivity contribution in [1.29, 1.82) is 0 Å². The van der Waals surface area contributed by atoms with Gasteiger partial charge in [0.25, 0.3) is 5.88 Å². The third-order valence-electron chi connectivity index (χ3n) is 2.24. The topological polar surface area (TPSA) is 35.0 Å². The van der Waals surface area contributed by atoms with E-state index in [0.29, 0.717) is 5.75 Å². The van der Waals surface area contributed by atoms with Crippen LogP contribution in [0.1, 0.15) is 12.5 Å². The highest BCUT2D eigenvalue weighted by molar-refractivity contribution is 6.28. The molecule has 0 spiro atoms. The van der Waals surface area contributed by atoms with Gasteiger partial charge in [-0.15, -0.1) is 0 Å². The molecule has 1 aromatic carbocycles. The summed E-state index contributed by atoms with van der Waals surface area (Å²) in [6, 6.07) is 7.38. The Hall–Kier alpha value is -1.68. The van der Waals surface area contributed by atoms with E-state index >= 15 is 0 Å². The summed E-state index contributed by atoms with van der Waals surface area (Å²) in [5.74, 6) is -0.227. The van der Waals surface area contributed by atoms with E-state index in [1.165, 1.54) is 0 Å². The smallest absolute Gasteiger partial charge is 0.260 e. The minimum absolute atomic E-state index is 0.0459. The lowest BCUT2D eigenvalue weighted by Crippen LogP contribution is -1.96. The summed E-state index contributed by atoms with van der Waals surface area (Å²) in [5, 5.41) is -0.0459. The van der Waals surface area contributed by atoms with E-state index in [-0.39, 0.29) is 11.2 Å². The first-order chi connectivity index (χ1) is 8.20. The molecule has 88 valence electrons. The summed E-state index contributed by atoms with van der Waals surface area (Å²) in [5.41, 5.74) is 0.974. The van der Waals surface area contributed by atoms with Gasteiger partial charge in [0.15, 0.2) is 0 Å². The third kappa shape index (κ3) is 2.71. The summed E-state index contributed by atoms with van der Waals surface area (Å²) in [4.78, 5) is 7.22. The van der Waals surface area contributed by atoms with Crippen molar-refractivity contribution in [2.45, 2.75) is 13.3 Å². The van der Waals surface area contributed by atoms with Gasteiger partial charge in [-0.1, -0.05) is 25.1 Å². The van der Waals surface area contributed by atoms with Crippen molar-refractivity contribution in [1.82, 2.24) is 9.97 Å². The zero-order valence-electron chi connectivity index (χ0n) is 9.15. The highest BCUT2D eigenvalue weighted by Crippen LogP contribution is 2.26. The second-order valence-electron chi connectivity index (χ2n) is 3.36. The van der Waals surface area contributed by atoms with Crippen molar-refractivity contribution < 1.29 is 9.13 Å². The Balaban J connectivity index is 2.34. The average molecular weight is 253 g/mol. The molecule has 0 fully saturated rings. The Morgan fingerprint density at radius 3 is 2.88 bits per heavy atom. The van der Waals surface area contributed by atoms with Gasteiger partial charge in [-0.05, 0) is 29.7 Å². The standard InChI is InChI=1S/C12H10ClFN2O/c1-2-8-5-3-4-6-10(8)17-11-9(14)7-15-12(13)16-11/h3-7H,2H2,1H3. The van der Waals surface area contributed by atoms with Crippen LogP contribution >= 0.6 is 11.6 Å². The van der Waals surface area contributed by atoms with Gasteiger partial charge >= 0.3 is 0 Å². The third-order valence-corrected chi connectivity index (χ3v) is 2.42. The molecule has 3 nitrogen and oxygen atoms in total. The predicted molar refractivity (Wildman–Crippen MR) is 62.9 cm³/mol. The molecule has 0 aliphatic heterocycles. The fourth-order valence-electron chi connectivity index (χ4n) is 1.40. The molecule has 17 heavy (non-hydrogen) atoms. The minimum atomic E-state index is -0.639. The van der Waals surface area contributed by atoms with Crippen molar-refractivity contribution in [3.8, 4) is 11.6 Å². The van der Waals surface area contributed by atoms with Gasteiger partial charge in [-0.2, -0.15) is 9.37 Å². The van der Waals surface area contributed by atoms with Gasteiger partial charge in [0.2, 0.25) is 11.1 Å². The van der Waals surface area contributed by atoms with Crippen molar-refractivity contribution >= 4 is 11.6 Å². The number of halogens is 2. The number of nitrogens with zero attached hydrogens (tertiary/aromatic N) is 2. The first-order valence-corrected chi connectivity index (χ1v) is 5.52. The monoisotopic (exact) mass is 252 g/mol. The fourth-order valence-corrected chi connectivity index (χ4v) is 1.53. The fraction of sp³-hybridized carbons (Fsp3) is 0.167. The molecule has 0 saturated heterocycles. The largest absolute Gasteiger partial charge is 0.436 e. The van der Waals surface area contributed by atoms with Crippen molar-refractivity contribution in [3.05, 3.63) is 47.1 Å². The van der Waals surface area contributed by atoms with Gasteiger partial charge in [-0.25, -0.2) is 4.98 Å². The molecule has 0 atom stereocenters. The molecule has 0 saturated carbocycles. The molecular weight excluding hydrogens is 243 g/mol. The molecule has 5 heteroatoms. The van der Waals surface area contributed by atoms with Crippen molar-refractivity contribution in [2.75, 3.05) is 0 Å². The highest BCUT2D eigenvalue weighted by atomic mass is 35.5. The van der Waals surface area contributed by atoms with Crippen LogP contribution in [0.3, 0.4) is 0 Å². The number of hydrogen-bond acceptors (Lipinski definition) is 3. The lowest BCUT2D eigenvalue weighted by atomic mass is 10.1. The molecule has 0 amide bonds. The van der Waals surface area contributed by atoms with E-state index in [2.05, 4.69) is 9.97 Å². The number of rotatable bonds is 3. The second kappa shape index (κ2) is 5.10. The molecule has 0 unspecified atom stereocenters. The van der Waals surface area contributed by atoms with Crippen molar-refractivity contribution in [2.24, 2.45) is 0 Å². The molecule has 1 aromatic heterocycles. The van der Waals surface area contributed by atoms with Gasteiger partial charge < -0.3 is 4.74 Å². The first kappa shape index (κ1) is 11.8. The number of aromatic nitrogens is 2. The second-order valence-corrected chi connectivity index (χ2v) is 3.69. The van der Waals surface area contributed by atoms with Crippen LogP contribution in [0, 0.1) is 5.82 Å². The summed E-state index contributed by atoms with van der Waals surface area (Å²) in [6.07, 6.45) is 1.77. The van der Waals surface area contributed by atoms with Crippen molar-refractivity contribution in [3.63, 3.8) is 0 Å². The molecule has 0 aliphatic carbocycles. The SMILES string of the molecule is CCc1ccccc1Oc1nc(Cl)ncc1F. The average Bonchev–Trinajstić information content (AvgIpc) is 2.34. The van der Waals surface area contributed by atoms with Crippen LogP contribution in [-0.4, -0.2) is 9.97 Å².